The van der Waals surface area contributed by atoms with Crippen LogP contribution in [0.4, 0.5) is 5.13 Å². The summed E-state index contributed by atoms with van der Waals surface area (Å²) in [4.78, 5) is 19.4. The van der Waals surface area contributed by atoms with E-state index in [0.717, 1.165) is 42.7 Å². The van der Waals surface area contributed by atoms with Crippen molar-refractivity contribution in [3.63, 3.8) is 0 Å². The van der Waals surface area contributed by atoms with Gasteiger partial charge in [-0.1, -0.05) is 19.8 Å². The monoisotopic (exact) mass is 294 g/mol. The number of fused-ring (bicyclic) bond motifs is 1. The molecular weight excluding hydrogens is 272 g/mol. The van der Waals surface area contributed by atoms with E-state index in [1.807, 2.05) is 0 Å². The van der Waals surface area contributed by atoms with Crippen molar-refractivity contribution in [1.82, 2.24) is 4.98 Å². The third-order valence-corrected chi connectivity index (χ3v) is 5.78. The first-order valence-electron chi connectivity index (χ1n) is 7.66. The summed E-state index contributed by atoms with van der Waals surface area (Å²) in [7, 11) is 0. The molecule has 5 heteroatoms. The summed E-state index contributed by atoms with van der Waals surface area (Å²) in [5, 5.41) is 10.3. The molecule has 0 bridgehead atoms. The standard InChI is InChI=1S/C15H22N2O2S/c1-2-3-10-6-8-17(9-7-10)15-16-13-11(14(18)19)4-5-12(13)20-15/h10-11H,2-9H2,1H3,(H,18,19). The number of hydrogen-bond acceptors (Lipinski definition) is 4. The van der Waals surface area contributed by atoms with Crippen LogP contribution in [0.15, 0.2) is 0 Å². The van der Waals surface area contributed by atoms with E-state index >= 15 is 0 Å². The number of carbonyl (C=O) groups is 1. The molecular formula is C15H22N2O2S. The molecule has 1 atom stereocenters. The normalized spacial score (nSPS) is 23.1. The summed E-state index contributed by atoms with van der Waals surface area (Å²) in [5.74, 6) is -0.218. The minimum absolute atomic E-state index is 0.368. The second-order valence-electron chi connectivity index (χ2n) is 5.95. The third kappa shape index (κ3) is 2.55. The number of rotatable bonds is 4. The Morgan fingerprint density at radius 1 is 1.40 bits per heavy atom. The Kier molecular flexibility index (Phi) is 3.96. The van der Waals surface area contributed by atoms with Gasteiger partial charge in [-0.15, -0.1) is 11.3 Å². The molecule has 1 fully saturated rings. The number of carboxylic acids is 1. The molecule has 2 aliphatic rings. The van der Waals surface area contributed by atoms with E-state index in [4.69, 9.17) is 0 Å². The highest BCUT2D eigenvalue weighted by molar-refractivity contribution is 7.15. The fourth-order valence-corrected chi connectivity index (χ4v) is 4.60. The Morgan fingerprint density at radius 2 is 2.15 bits per heavy atom. The van der Waals surface area contributed by atoms with E-state index in [9.17, 15) is 9.90 Å². The van der Waals surface area contributed by atoms with Crippen molar-refractivity contribution in [2.24, 2.45) is 5.92 Å². The van der Waals surface area contributed by atoms with E-state index in [1.54, 1.807) is 11.3 Å². The van der Waals surface area contributed by atoms with Gasteiger partial charge in [0.25, 0.3) is 0 Å². The van der Waals surface area contributed by atoms with E-state index < -0.39 is 5.97 Å². The van der Waals surface area contributed by atoms with Crippen LogP contribution in [0.25, 0.3) is 0 Å². The molecule has 1 aliphatic heterocycles. The highest BCUT2D eigenvalue weighted by atomic mass is 32.1. The number of nitrogens with zero attached hydrogens (tertiary/aromatic N) is 2. The van der Waals surface area contributed by atoms with Crippen molar-refractivity contribution in [2.75, 3.05) is 18.0 Å². The minimum Gasteiger partial charge on any atom is -0.481 e. The average Bonchev–Trinajstić information content (AvgIpc) is 2.99. The molecule has 0 amide bonds. The number of hydrogen-bond donors (Lipinski definition) is 1. The third-order valence-electron chi connectivity index (χ3n) is 4.59. The molecule has 1 aromatic rings. The number of aryl methyl sites for hydroxylation is 1. The quantitative estimate of drug-likeness (QED) is 0.926. The molecule has 0 spiro atoms. The smallest absolute Gasteiger partial charge is 0.312 e. The summed E-state index contributed by atoms with van der Waals surface area (Å²) in [6.45, 7) is 4.41. The van der Waals surface area contributed by atoms with Gasteiger partial charge in [-0.05, 0) is 31.6 Å². The predicted octanol–water partition coefficient (Wildman–Crippen LogP) is 3.27. The van der Waals surface area contributed by atoms with Gasteiger partial charge in [0.2, 0.25) is 0 Å². The molecule has 1 N–H and O–H groups in total. The van der Waals surface area contributed by atoms with Gasteiger partial charge in [-0.25, -0.2) is 4.98 Å². The van der Waals surface area contributed by atoms with Gasteiger partial charge in [0.1, 0.15) is 5.92 Å². The Labute approximate surface area is 123 Å². The topological polar surface area (TPSA) is 53.4 Å². The molecule has 4 nitrogen and oxygen atoms in total. The lowest BCUT2D eigenvalue weighted by Gasteiger charge is -2.31. The molecule has 2 heterocycles. The SMILES string of the molecule is CCCC1CCN(c2nc3c(s2)CCC3C(=O)O)CC1. The maximum Gasteiger partial charge on any atom is 0.312 e. The second kappa shape index (κ2) is 5.72. The Bertz CT molecular complexity index is 492. The van der Waals surface area contributed by atoms with Crippen LogP contribution in [0.5, 0.6) is 0 Å². The van der Waals surface area contributed by atoms with Gasteiger partial charge in [-0.3, -0.25) is 4.79 Å². The number of thiazole rings is 1. The molecule has 0 radical (unpaired) electrons. The number of anilines is 1. The summed E-state index contributed by atoms with van der Waals surface area (Å²) >= 11 is 1.72. The van der Waals surface area contributed by atoms with Gasteiger partial charge in [-0.2, -0.15) is 0 Å². The molecule has 3 rings (SSSR count). The summed E-state index contributed by atoms with van der Waals surface area (Å²) in [6.07, 6.45) is 6.72. The summed E-state index contributed by atoms with van der Waals surface area (Å²) < 4.78 is 0. The van der Waals surface area contributed by atoms with Crippen molar-refractivity contribution >= 4 is 22.4 Å². The van der Waals surface area contributed by atoms with Crippen LogP contribution in [-0.4, -0.2) is 29.1 Å². The van der Waals surface area contributed by atoms with Crippen molar-refractivity contribution in [1.29, 1.82) is 0 Å². The first-order valence-corrected chi connectivity index (χ1v) is 8.48. The fraction of sp³-hybridized carbons (Fsp3) is 0.733. The molecule has 110 valence electrons. The van der Waals surface area contributed by atoms with E-state index in [-0.39, 0.29) is 5.92 Å². The second-order valence-corrected chi connectivity index (χ2v) is 7.02. The zero-order valence-corrected chi connectivity index (χ0v) is 12.8. The fourth-order valence-electron chi connectivity index (χ4n) is 3.41. The van der Waals surface area contributed by atoms with Crippen molar-refractivity contribution in [2.45, 2.75) is 51.4 Å². The van der Waals surface area contributed by atoms with Crippen LogP contribution < -0.4 is 4.90 Å². The molecule has 20 heavy (non-hydrogen) atoms. The number of carboxylic acid groups (broad SMARTS) is 1. The lowest BCUT2D eigenvalue weighted by Crippen LogP contribution is -2.33. The Balaban J connectivity index is 1.68. The van der Waals surface area contributed by atoms with Gasteiger partial charge >= 0.3 is 5.97 Å². The van der Waals surface area contributed by atoms with E-state index in [2.05, 4.69) is 16.8 Å². The lowest BCUT2D eigenvalue weighted by molar-refractivity contribution is -0.138. The number of piperidine rings is 1. The van der Waals surface area contributed by atoms with Crippen molar-refractivity contribution in [3.8, 4) is 0 Å². The minimum atomic E-state index is -0.720. The van der Waals surface area contributed by atoms with Crippen LogP contribution >= 0.6 is 11.3 Å². The largest absolute Gasteiger partial charge is 0.481 e. The van der Waals surface area contributed by atoms with Crippen molar-refractivity contribution in [3.05, 3.63) is 10.6 Å². The molecule has 1 saturated heterocycles. The maximum absolute atomic E-state index is 11.2. The average molecular weight is 294 g/mol. The molecule has 1 aromatic heterocycles. The zero-order chi connectivity index (χ0) is 14.1. The van der Waals surface area contributed by atoms with Gasteiger partial charge in [0.05, 0.1) is 5.69 Å². The zero-order valence-electron chi connectivity index (χ0n) is 12.0. The van der Waals surface area contributed by atoms with Crippen LogP contribution in [0.2, 0.25) is 0 Å². The summed E-state index contributed by atoms with van der Waals surface area (Å²) in [6, 6.07) is 0. The van der Waals surface area contributed by atoms with Crippen molar-refractivity contribution < 1.29 is 9.90 Å². The van der Waals surface area contributed by atoms with Gasteiger partial charge in [0, 0.05) is 18.0 Å². The molecule has 1 aliphatic carbocycles. The highest BCUT2D eigenvalue weighted by Gasteiger charge is 2.33. The summed E-state index contributed by atoms with van der Waals surface area (Å²) in [5.41, 5.74) is 0.841. The molecule has 0 saturated carbocycles. The number of aromatic nitrogens is 1. The Hall–Kier alpha value is -1.10. The number of aliphatic carboxylic acids is 1. The van der Waals surface area contributed by atoms with Crippen LogP contribution in [0.1, 0.15) is 55.5 Å². The van der Waals surface area contributed by atoms with Gasteiger partial charge in [0.15, 0.2) is 5.13 Å². The molecule has 0 aromatic carbocycles. The predicted molar refractivity (Wildman–Crippen MR) is 80.7 cm³/mol. The first kappa shape index (κ1) is 13.9. The van der Waals surface area contributed by atoms with Gasteiger partial charge < -0.3 is 10.0 Å². The van der Waals surface area contributed by atoms with E-state index in [0.29, 0.717) is 0 Å². The lowest BCUT2D eigenvalue weighted by atomic mass is 9.93. The Morgan fingerprint density at radius 3 is 2.80 bits per heavy atom. The van der Waals surface area contributed by atoms with Crippen LogP contribution in [0.3, 0.4) is 0 Å². The first-order chi connectivity index (χ1) is 9.69. The maximum atomic E-state index is 11.2. The highest BCUT2D eigenvalue weighted by Crippen LogP contribution is 2.40. The van der Waals surface area contributed by atoms with Crippen LogP contribution in [0, 0.1) is 5.92 Å². The van der Waals surface area contributed by atoms with E-state index in [1.165, 1.54) is 30.6 Å². The van der Waals surface area contributed by atoms with Crippen LogP contribution in [-0.2, 0) is 11.2 Å². The molecule has 1 unspecified atom stereocenters.